The predicted octanol–water partition coefficient (Wildman–Crippen LogP) is 2.87. The van der Waals surface area contributed by atoms with Gasteiger partial charge in [-0.2, -0.15) is 0 Å². The molecule has 0 saturated heterocycles. The fourth-order valence-electron chi connectivity index (χ4n) is 2.54. The molecule has 122 valence electrons. The van der Waals surface area contributed by atoms with Gasteiger partial charge in [0.2, 0.25) is 5.91 Å². The van der Waals surface area contributed by atoms with Gasteiger partial charge in [-0.05, 0) is 33.6 Å². The van der Waals surface area contributed by atoms with E-state index in [1.165, 1.54) is 17.8 Å². The molecule has 2 heterocycles. The van der Waals surface area contributed by atoms with Crippen molar-refractivity contribution >= 4 is 39.4 Å². The van der Waals surface area contributed by atoms with Crippen LogP contribution in [0.5, 0.6) is 0 Å². The molecule has 0 bridgehead atoms. The van der Waals surface area contributed by atoms with Crippen molar-refractivity contribution in [2.24, 2.45) is 0 Å². The van der Waals surface area contributed by atoms with Gasteiger partial charge in [-0.25, -0.2) is 9.37 Å². The number of nitrogens with zero attached hydrogens (tertiary/aromatic N) is 1. The first kappa shape index (κ1) is 16.7. The normalized spacial score (nSPS) is 16.2. The molecule has 3 rings (SSSR count). The number of carbonyl (C=O) groups is 1. The van der Waals surface area contributed by atoms with Gasteiger partial charge in [-0.15, -0.1) is 6.42 Å². The maximum Gasteiger partial charge on any atom is 0.257 e. The van der Waals surface area contributed by atoms with E-state index >= 15 is 0 Å². The minimum atomic E-state index is -0.492. The van der Waals surface area contributed by atoms with Gasteiger partial charge in [0.05, 0.1) is 15.8 Å². The smallest absolute Gasteiger partial charge is 0.257 e. The number of fused-ring (bicyclic) bond motifs is 1. The summed E-state index contributed by atoms with van der Waals surface area (Å²) in [6.45, 7) is 0. The molecule has 24 heavy (non-hydrogen) atoms. The zero-order valence-electron chi connectivity index (χ0n) is 12.2. The average molecular weight is 408 g/mol. The van der Waals surface area contributed by atoms with Crippen molar-refractivity contribution < 1.29 is 9.18 Å². The molecule has 5 nitrogen and oxygen atoms in total. The van der Waals surface area contributed by atoms with E-state index in [9.17, 15) is 14.0 Å². The number of aromatic nitrogens is 2. The number of hydrogen-bond acceptors (Lipinski definition) is 4. The highest BCUT2D eigenvalue weighted by Crippen LogP contribution is 2.35. The fourth-order valence-corrected chi connectivity index (χ4v) is 3.48. The molecule has 0 radical (unpaired) electrons. The fraction of sp³-hybridized carbons (Fsp3) is 0.188. The number of hydrogen-bond donors (Lipinski definition) is 2. The maximum absolute atomic E-state index is 13.5. The highest BCUT2D eigenvalue weighted by atomic mass is 79.9. The molecule has 0 saturated carbocycles. The third kappa shape index (κ3) is 3.23. The molecule has 0 aliphatic carbocycles. The van der Waals surface area contributed by atoms with Crippen molar-refractivity contribution in [1.82, 2.24) is 9.97 Å². The lowest BCUT2D eigenvalue weighted by Crippen LogP contribution is -2.31. The molecule has 1 aliphatic rings. The van der Waals surface area contributed by atoms with Crippen LogP contribution in [-0.4, -0.2) is 21.6 Å². The van der Waals surface area contributed by atoms with Gasteiger partial charge in [0.15, 0.2) is 5.16 Å². The number of amides is 1. The number of H-pyrrole nitrogens is 1. The zero-order chi connectivity index (χ0) is 17.3. The summed E-state index contributed by atoms with van der Waals surface area (Å²) in [7, 11) is 0. The van der Waals surface area contributed by atoms with Crippen molar-refractivity contribution in [3.05, 3.63) is 50.0 Å². The number of terminal acetylenes is 1. The van der Waals surface area contributed by atoms with Crippen LogP contribution in [0.2, 0.25) is 0 Å². The second-order valence-corrected chi connectivity index (χ2v) is 6.92. The Labute approximate surface area is 149 Å². The van der Waals surface area contributed by atoms with Crippen molar-refractivity contribution in [3.8, 4) is 12.3 Å². The Balaban J connectivity index is 2.09. The summed E-state index contributed by atoms with van der Waals surface area (Å²) in [5, 5.41) is 2.97. The van der Waals surface area contributed by atoms with Crippen molar-refractivity contribution in [3.63, 3.8) is 0 Å². The van der Waals surface area contributed by atoms with Gasteiger partial charge in [0.1, 0.15) is 11.6 Å². The Morgan fingerprint density at radius 1 is 1.46 bits per heavy atom. The van der Waals surface area contributed by atoms with E-state index < -0.39 is 11.7 Å². The second-order valence-electron chi connectivity index (χ2n) is 5.10. The molecular weight excluding hydrogens is 397 g/mol. The first-order valence-electron chi connectivity index (χ1n) is 6.95. The van der Waals surface area contributed by atoms with Crippen LogP contribution in [0.1, 0.15) is 23.5 Å². The zero-order valence-corrected chi connectivity index (χ0v) is 14.6. The molecule has 1 aromatic carbocycles. The average Bonchev–Trinajstić information content (AvgIpc) is 2.54. The summed E-state index contributed by atoms with van der Waals surface area (Å²) in [6, 6.07) is 4.43. The van der Waals surface area contributed by atoms with Gasteiger partial charge < -0.3 is 10.3 Å². The quantitative estimate of drug-likeness (QED) is 0.466. The Hall–Kier alpha value is -2.11. The van der Waals surface area contributed by atoms with Crippen LogP contribution in [0.25, 0.3) is 0 Å². The van der Waals surface area contributed by atoms with E-state index in [1.807, 2.05) is 0 Å². The highest BCUT2D eigenvalue weighted by molar-refractivity contribution is 9.10. The lowest BCUT2D eigenvalue weighted by Gasteiger charge is -2.24. The standard InChI is InChI=1S/C16H11BrFN3O2S/c1-2-5-24-16-20-14-13(15(23)21-16)9(7-12(22)19-14)8-3-4-11(18)10(17)6-8/h1,3-4,6,9H,5,7H2,(H2,19,20,21,22,23). The molecule has 8 heteroatoms. The van der Waals surface area contributed by atoms with Gasteiger partial charge >= 0.3 is 0 Å². The van der Waals surface area contributed by atoms with E-state index in [1.54, 1.807) is 12.1 Å². The van der Waals surface area contributed by atoms with Crippen LogP contribution in [0.15, 0.2) is 32.6 Å². The number of carbonyl (C=O) groups excluding carboxylic acids is 1. The number of halogens is 2. The second kappa shape index (κ2) is 6.79. The molecule has 1 atom stereocenters. The number of anilines is 1. The lowest BCUT2D eigenvalue weighted by atomic mass is 9.87. The summed E-state index contributed by atoms with van der Waals surface area (Å²) in [6.07, 6.45) is 5.29. The van der Waals surface area contributed by atoms with E-state index in [0.29, 0.717) is 22.0 Å². The summed E-state index contributed by atoms with van der Waals surface area (Å²) in [5.41, 5.74) is 0.679. The van der Waals surface area contributed by atoms with Gasteiger partial charge in [0, 0.05) is 12.3 Å². The first-order chi connectivity index (χ1) is 11.5. The molecule has 1 amide bonds. The van der Waals surface area contributed by atoms with E-state index in [0.717, 1.165) is 0 Å². The van der Waals surface area contributed by atoms with Crippen molar-refractivity contribution in [1.29, 1.82) is 0 Å². The Morgan fingerprint density at radius 2 is 2.25 bits per heavy atom. The summed E-state index contributed by atoms with van der Waals surface area (Å²) < 4.78 is 13.7. The number of rotatable bonds is 3. The molecule has 2 N–H and O–H groups in total. The summed E-state index contributed by atoms with van der Waals surface area (Å²) in [5.74, 6) is 1.86. The van der Waals surface area contributed by atoms with Gasteiger partial charge in [-0.1, -0.05) is 23.7 Å². The Kier molecular flexibility index (Phi) is 4.73. The molecule has 1 aromatic heterocycles. The van der Waals surface area contributed by atoms with Crippen LogP contribution in [0.4, 0.5) is 10.2 Å². The predicted molar refractivity (Wildman–Crippen MR) is 93.6 cm³/mol. The summed E-state index contributed by atoms with van der Waals surface area (Å²) in [4.78, 5) is 31.4. The number of aromatic amines is 1. The Bertz CT molecular complexity index is 923. The highest BCUT2D eigenvalue weighted by Gasteiger charge is 2.31. The van der Waals surface area contributed by atoms with Crippen LogP contribution in [0, 0.1) is 18.2 Å². The van der Waals surface area contributed by atoms with Crippen molar-refractivity contribution in [2.45, 2.75) is 17.5 Å². The number of benzene rings is 1. The molecule has 0 fully saturated rings. The molecule has 0 spiro atoms. The molecule has 2 aromatic rings. The largest absolute Gasteiger partial charge is 0.310 e. The van der Waals surface area contributed by atoms with E-state index in [2.05, 4.69) is 37.1 Å². The molecular formula is C16H11BrFN3O2S. The Morgan fingerprint density at radius 3 is 2.96 bits per heavy atom. The monoisotopic (exact) mass is 407 g/mol. The van der Waals surface area contributed by atoms with Gasteiger partial charge in [0.25, 0.3) is 5.56 Å². The van der Waals surface area contributed by atoms with E-state index in [-0.39, 0.29) is 28.2 Å². The van der Waals surface area contributed by atoms with Crippen LogP contribution < -0.4 is 10.9 Å². The van der Waals surface area contributed by atoms with Crippen LogP contribution in [0.3, 0.4) is 0 Å². The third-order valence-electron chi connectivity index (χ3n) is 3.57. The minimum absolute atomic E-state index is 0.0900. The number of nitrogens with one attached hydrogen (secondary N) is 2. The van der Waals surface area contributed by atoms with Crippen LogP contribution in [-0.2, 0) is 4.79 Å². The maximum atomic E-state index is 13.5. The van der Waals surface area contributed by atoms with Gasteiger partial charge in [-0.3, -0.25) is 9.59 Å². The van der Waals surface area contributed by atoms with E-state index in [4.69, 9.17) is 6.42 Å². The molecule has 1 unspecified atom stereocenters. The first-order valence-corrected chi connectivity index (χ1v) is 8.72. The number of thioether (sulfide) groups is 1. The SMILES string of the molecule is C#CCSc1nc2c(c(=O)[nH]1)C(c1ccc(F)c(Br)c1)CC(=O)N2. The minimum Gasteiger partial charge on any atom is -0.310 e. The van der Waals surface area contributed by atoms with Crippen molar-refractivity contribution in [2.75, 3.05) is 11.1 Å². The lowest BCUT2D eigenvalue weighted by molar-refractivity contribution is -0.116. The molecule has 1 aliphatic heterocycles. The van der Waals surface area contributed by atoms with Crippen LogP contribution >= 0.6 is 27.7 Å². The summed E-state index contributed by atoms with van der Waals surface area (Å²) >= 11 is 4.33. The third-order valence-corrected chi connectivity index (χ3v) is 4.95. The topological polar surface area (TPSA) is 74.8 Å².